The molecular formula is C14H17FN2S. The highest BCUT2D eigenvalue weighted by Gasteiger charge is 2.05. The molecule has 2 nitrogen and oxygen atoms in total. The van der Waals surface area contributed by atoms with Gasteiger partial charge < -0.3 is 0 Å². The Morgan fingerprint density at radius 2 is 1.94 bits per heavy atom. The molecule has 0 spiro atoms. The van der Waals surface area contributed by atoms with Gasteiger partial charge in [0.15, 0.2) is 0 Å². The van der Waals surface area contributed by atoms with Crippen LogP contribution in [0.2, 0.25) is 0 Å². The first-order valence-electron chi connectivity index (χ1n) is 6.04. The van der Waals surface area contributed by atoms with Crippen molar-refractivity contribution in [2.24, 2.45) is 0 Å². The normalized spacial score (nSPS) is 11.1. The Kier molecular flexibility index (Phi) is 4.44. The third-order valence-electron chi connectivity index (χ3n) is 2.70. The van der Waals surface area contributed by atoms with E-state index in [1.165, 1.54) is 22.0 Å². The van der Waals surface area contributed by atoms with Crippen LogP contribution in [-0.2, 0) is 19.5 Å². The molecule has 0 N–H and O–H groups in total. The highest BCUT2D eigenvalue weighted by molar-refractivity contribution is 7.11. The second-order valence-corrected chi connectivity index (χ2v) is 5.57. The summed E-state index contributed by atoms with van der Waals surface area (Å²) in [6.07, 6.45) is 2.94. The topological polar surface area (TPSA) is 16.1 Å². The van der Waals surface area contributed by atoms with Crippen LogP contribution in [0.4, 0.5) is 4.39 Å². The van der Waals surface area contributed by atoms with Gasteiger partial charge in [-0.1, -0.05) is 19.1 Å². The van der Waals surface area contributed by atoms with Gasteiger partial charge in [-0.25, -0.2) is 9.37 Å². The van der Waals surface area contributed by atoms with E-state index in [-0.39, 0.29) is 5.82 Å². The lowest BCUT2D eigenvalue weighted by Crippen LogP contribution is -2.16. The highest BCUT2D eigenvalue weighted by atomic mass is 32.1. The molecular weight excluding hydrogens is 247 g/mol. The van der Waals surface area contributed by atoms with Crippen molar-refractivity contribution in [3.05, 3.63) is 51.7 Å². The summed E-state index contributed by atoms with van der Waals surface area (Å²) in [5, 5.41) is 1.18. The standard InChI is InChI=1S/C14H17FN2S/c1-3-14-16-8-13(18-14)10-17(2)9-11-4-6-12(15)7-5-11/h4-8H,3,9-10H2,1-2H3. The lowest BCUT2D eigenvalue weighted by molar-refractivity contribution is 0.321. The molecule has 0 aliphatic heterocycles. The Hall–Kier alpha value is -1.26. The second kappa shape index (κ2) is 6.07. The van der Waals surface area contributed by atoms with Gasteiger partial charge in [-0.2, -0.15) is 0 Å². The molecule has 1 aromatic heterocycles. The molecule has 0 radical (unpaired) electrons. The van der Waals surface area contributed by atoms with E-state index in [1.54, 1.807) is 11.3 Å². The number of hydrogen-bond acceptors (Lipinski definition) is 3. The molecule has 96 valence electrons. The first-order valence-corrected chi connectivity index (χ1v) is 6.85. The van der Waals surface area contributed by atoms with E-state index >= 15 is 0 Å². The first-order chi connectivity index (χ1) is 8.67. The number of nitrogens with zero attached hydrogens (tertiary/aromatic N) is 2. The SMILES string of the molecule is CCc1ncc(CN(C)Cc2ccc(F)cc2)s1. The number of halogens is 1. The van der Waals surface area contributed by atoms with Crippen molar-refractivity contribution in [2.45, 2.75) is 26.4 Å². The Morgan fingerprint density at radius 3 is 2.56 bits per heavy atom. The average molecular weight is 264 g/mol. The molecule has 1 heterocycles. The van der Waals surface area contributed by atoms with Gasteiger partial charge in [0.25, 0.3) is 0 Å². The molecule has 2 rings (SSSR count). The van der Waals surface area contributed by atoms with Crippen LogP contribution in [0, 0.1) is 5.82 Å². The quantitative estimate of drug-likeness (QED) is 0.822. The van der Waals surface area contributed by atoms with Gasteiger partial charge >= 0.3 is 0 Å². The molecule has 0 aliphatic carbocycles. The minimum Gasteiger partial charge on any atom is -0.297 e. The monoisotopic (exact) mass is 264 g/mol. The molecule has 0 fully saturated rings. The minimum atomic E-state index is -0.184. The molecule has 1 aromatic carbocycles. The maximum absolute atomic E-state index is 12.8. The Balaban J connectivity index is 1.91. The van der Waals surface area contributed by atoms with E-state index in [4.69, 9.17) is 0 Å². The summed E-state index contributed by atoms with van der Waals surface area (Å²) in [7, 11) is 2.06. The zero-order valence-electron chi connectivity index (χ0n) is 10.7. The summed E-state index contributed by atoms with van der Waals surface area (Å²) in [4.78, 5) is 7.83. The molecule has 2 aromatic rings. The van der Waals surface area contributed by atoms with E-state index < -0.39 is 0 Å². The van der Waals surface area contributed by atoms with E-state index in [1.807, 2.05) is 18.3 Å². The van der Waals surface area contributed by atoms with Crippen molar-refractivity contribution < 1.29 is 4.39 Å². The van der Waals surface area contributed by atoms with E-state index in [9.17, 15) is 4.39 Å². The van der Waals surface area contributed by atoms with Gasteiger partial charge in [0, 0.05) is 24.2 Å². The van der Waals surface area contributed by atoms with Crippen LogP contribution >= 0.6 is 11.3 Å². The number of aryl methyl sites for hydroxylation is 1. The van der Waals surface area contributed by atoms with E-state index in [0.29, 0.717) is 0 Å². The van der Waals surface area contributed by atoms with Gasteiger partial charge in [0.2, 0.25) is 0 Å². The van der Waals surface area contributed by atoms with Crippen molar-refractivity contribution in [3.63, 3.8) is 0 Å². The van der Waals surface area contributed by atoms with E-state index in [2.05, 4.69) is 23.9 Å². The molecule has 0 aliphatic rings. The molecule has 18 heavy (non-hydrogen) atoms. The lowest BCUT2D eigenvalue weighted by Gasteiger charge is -2.15. The van der Waals surface area contributed by atoms with Crippen molar-refractivity contribution in [1.29, 1.82) is 0 Å². The minimum absolute atomic E-state index is 0.184. The number of rotatable bonds is 5. The predicted molar refractivity (Wildman–Crippen MR) is 73.1 cm³/mol. The van der Waals surface area contributed by atoms with Gasteiger partial charge in [-0.15, -0.1) is 11.3 Å². The summed E-state index contributed by atoms with van der Waals surface area (Å²) >= 11 is 1.76. The number of hydrogen-bond donors (Lipinski definition) is 0. The highest BCUT2D eigenvalue weighted by Crippen LogP contribution is 2.16. The third kappa shape index (κ3) is 3.62. The fourth-order valence-electron chi connectivity index (χ4n) is 1.81. The zero-order chi connectivity index (χ0) is 13.0. The van der Waals surface area contributed by atoms with Crippen LogP contribution in [0.3, 0.4) is 0 Å². The van der Waals surface area contributed by atoms with Crippen LogP contribution in [0.1, 0.15) is 22.4 Å². The maximum atomic E-state index is 12.8. The lowest BCUT2D eigenvalue weighted by atomic mass is 10.2. The van der Waals surface area contributed by atoms with Crippen LogP contribution in [-0.4, -0.2) is 16.9 Å². The van der Waals surface area contributed by atoms with Crippen LogP contribution in [0.15, 0.2) is 30.5 Å². The third-order valence-corrected chi connectivity index (χ3v) is 3.82. The zero-order valence-corrected chi connectivity index (χ0v) is 11.5. The Bertz CT molecular complexity index is 493. The maximum Gasteiger partial charge on any atom is 0.123 e. The second-order valence-electron chi connectivity index (χ2n) is 4.37. The summed E-state index contributed by atoms with van der Waals surface area (Å²) in [5.74, 6) is -0.184. The van der Waals surface area contributed by atoms with Crippen molar-refractivity contribution in [3.8, 4) is 0 Å². The number of thiazole rings is 1. The van der Waals surface area contributed by atoms with Gasteiger partial charge in [0.1, 0.15) is 5.82 Å². The number of aromatic nitrogens is 1. The van der Waals surface area contributed by atoms with Gasteiger partial charge in [0.05, 0.1) is 5.01 Å². The molecule has 0 amide bonds. The predicted octanol–water partition coefficient (Wildman–Crippen LogP) is 3.48. The van der Waals surface area contributed by atoms with Gasteiger partial charge in [-0.05, 0) is 31.2 Å². The van der Waals surface area contributed by atoms with Crippen molar-refractivity contribution in [2.75, 3.05) is 7.05 Å². The molecule has 0 unspecified atom stereocenters. The van der Waals surface area contributed by atoms with Crippen LogP contribution in [0.25, 0.3) is 0 Å². The summed E-state index contributed by atoms with van der Waals surface area (Å²) in [5.41, 5.74) is 1.12. The van der Waals surface area contributed by atoms with Crippen LogP contribution in [0.5, 0.6) is 0 Å². The Labute approximate surface area is 111 Å². The van der Waals surface area contributed by atoms with Gasteiger partial charge in [-0.3, -0.25) is 4.90 Å². The van der Waals surface area contributed by atoms with Crippen molar-refractivity contribution >= 4 is 11.3 Å². The summed E-state index contributed by atoms with van der Waals surface area (Å²) in [6.45, 7) is 3.82. The summed E-state index contributed by atoms with van der Waals surface area (Å²) < 4.78 is 12.8. The number of benzene rings is 1. The van der Waals surface area contributed by atoms with Crippen LogP contribution < -0.4 is 0 Å². The Morgan fingerprint density at radius 1 is 1.22 bits per heavy atom. The molecule has 0 saturated heterocycles. The first kappa shape index (κ1) is 13.2. The smallest absolute Gasteiger partial charge is 0.123 e. The molecule has 0 atom stereocenters. The summed E-state index contributed by atoms with van der Waals surface area (Å²) in [6, 6.07) is 6.67. The molecule has 4 heteroatoms. The fourth-order valence-corrected chi connectivity index (χ4v) is 2.75. The average Bonchev–Trinajstić information content (AvgIpc) is 2.79. The van der Waals surface area contributed by atoms with Crippen molar-refractivity contribution in [1.82, 2.24) is 9.88 Å². The molecule has 0 bridgehead atoms. The van der Waals surface area contributed by atoms with E-state index in [0.717, 1.165) is 25.1 Å². The largest absolute Gasteiger partial charge is 0.297 e. The molecule has 0 saturated carbocycles. The fraction of sp³-hybridized carbons (Fsp3) is 0.357.